The van der Waals surface area contributed by atoms with Gasteiger partial charge in [-0.05, 0) is 12.8 Å². The summed E-state index contributed by atoms with van der Waals surface area (Å²) in [5, 5.41) is 6.11. The molecule has 3 N–H and O–H groups in total. The van der Waals surface area contributed by atoms with Crippen molar-refractivity contribution >= 4 is 5.91 Å². The number of carbonyl (C=O) groups excluding carboxylic acids is 1. The number of nitrogens with zero attached hydrogens (tertiary/aromatic N) is 2. The highest BCUT2D eigenvalue weighted by atomic mass is 16.5. The van der Waals surface area contributed by atoms with Crippen molar-refractivity contribution < 1.29 is 14.1 Å². The summed E-state index contributed by atoms with van der Waals surface area (Å²) in [6.45, 7) is 1.65. The summed E-state index contributed by atoms with van der Waals surface area (Å²) in [4.78, 5) is 15.5. The van der Waals surface area contributed by atoms with Gasteiger partial charge in [0.25, 0.3) is 11.7 Å². The van der Waals surface area contributed by atoms with Crippen molar-refractivity contribution in [2.75, 3.05) is 26.8 Å². The smallest absolute Gasteiger partial charge is 0.292 e. The van der Waals surface area contributed by atoms with Gasteiger partial charge in [-0.15, -0.1) is 0 Å². The van der Waals surface area contributed by atoms with Crippen molar-refractivity contribution in [3.63, 3.8) is 0 Å². The first-order chi connectivity index (χ1) is 8.22. The predicted octanol–water partition coefficient (Wildman–Crippen LogP) is -0.564. The quantitative estimate of drug-likeness (QED) is 0.733. The minimum Gasteiger partial charge on any atom is -0.381 e. The maximum Gasteiger partial charge on any atom is 0.292 e. The number of nitrogens with two attached hydrogens (primary N) is 1. The van der Waals surface area contributed by atoms with E-state index in [0.29, 0.717) is 25.6 Å². The summed E-state index contributed by atoms with van der Waals surface area (Å²) >= 11 is 0. The van der Waals surface area contributed by atoms with E-state index in [0.717, 1.165) is 12.8 Å². The second kappa shape index (κ2) is 4.80. The lowest BCUT2D eigenvalue weighted by molar-refractivity contribution is 0.0408. The lowest BCUT2D eigenvalue weighted by atomic mass is 9.80. The summed E-state index contributed by atoms with van der Waals surface area (Å²) < 4.78 is 10.5. The molecule has 2 heterocycles. The summed E-state index contributed by atoms with van der Waals surface area (Å²) in [6, 6.07) is 0. The molecule has 94 valence electrons. The molecule has 7 heteroatoms. The Balaban J connectivity index is 2.25. The van der Waals surface area contributed by atoms with Gasteiger partial charge in [-0.2, -0.15) is 4.98 Å². The average Bonchev–Trinajstić information content (AvgIpc) is 2.88. The van der Waals surface area contributed by atoms with Gasteiger partial charge in [-0.25, -0.2) is 0 Å². The van der Waals surface area contributed by atoms with E-state index in [1.165, 1.54) is 7.05 Å². The highest BCUT2D eigenvalue weighted by molar-refractivity contribution is 5.89. The van der Waals surface area contributed by atoms with Crippen LogP contribution in [0.1, 0.15) is 29.4 Å². The van der Waals surface area contributed by atoms with Crippen LogP contribution < -0.4 is 11.1 Å². The highest BCUT2D eigenvalue weighted by Crippen LogP contribution is 2.32. The van der Waals surface area contributed by atoms with Gasteiger partial charge in [0, 0.05) is 26.8 Å². The van der Waals surface area contributed by atoms with Gasteiger partial charge in [0.1, 0.15) is 0 Å². The molecule has 1 aromatic rings. The van der Waals surface area contributed by atoms with Gasteiger partial charge in [-0.3, -0.25) is 4.79 Å². The molecule has 1 fully saturated rings. The normalized spacial score (nSPS) is 18.9. The van der Waals surface area contributed by atoms with Gasteiger partial charge in [0.05, 0.1) is 5.41 Å². The largest absolute Gasteiger partial charge is 0.381 e. The Morgan fingerprint density at radius 2 is 2.24 bits per heavy atom. The van der Waals surface area contributed by atoms with Crippen LogP contribution in [0.15, 0.2) is 4.52 Å². The third-order valence-electron chi connectivity index (χ3n) is 3.15. The van der Waals surface area contributed by atoms with E-state index in [1.807, 2.05) is 0 Å². The molecule has 2 rings (SSSR count). The molecule has 0 bridgehead atoms. The molecule has 1 aliphatic heterocycles. The molecule has 1 amide bonds. The van der Waals surface area contributed by atoms with Crippen molar-refractivity contribution in [2.45, 2.75) is 18.3 Å². The Morgan fingerprint density at radius 1 is 1.53 bits per heavy atom. The minimum atomic E-state index is -0.362. The van der Waals surface area contributed by atoms with E-state index in [1.54, 1.807) is 0 Å². The highest BCUT2D eigenvalue weighted by Gasteiger charge is 2.39. The first-order valence-corrected chi connectivity index (χ1v) is 5.56. The van der Waals surface area contributed by atoms with Gasteiger partial charge >= 0.3 is 0 Å². The Labute approximate surface area is 98.7 Å². The van der Waals surface area contributed by atoms with Crippen molar-refractivity contribution in [3.05, 3.63) is 11.7 Å². The van der Waals surface area contributed by atoms with E-state index in [4.69, 9.17) is 15.0 Å². The fourth-order valence-corrected chi connectivity index (χ4v) is 1.91. The standard InChI is InChI=1S/C10H16N4O3/c1-12-8(15)7-13-9(17-14-7)10(6-11)2-4-16-5-3-10/h2-6,11H2,1H3,(H,12,15). The number of rotatable bonds is 3. The SMILES string of the molecule is CNC(=O)c1noc(C2(CN)CCOCC2)n1. The van der Waals surface area contributed by atoms with Crippen molar-refractivity contribution in [3.8, 4) is 0 Å². The second-order valence-corrected chi connectivity index (χ2v) is 4.10. The molecule has 0 unspecified atom stereocenters. The zero-order chi connectivity index (χ0) is 12.3. The number of carbonyl (C=O) groups is 1. The molecular formula is C10H16N4O3. The molecule has 17 heavy (non-hydrogen) atoms. The number of aromatic nitrogens is 2. The first kappa shape index (κ1) is 12.0. The van der Waals surface area contributed by atoms with Gasteiger partial charge < -0.3 is 20.3 Å². The number of hydrogen-bond donors (Lipinski definition) is 2. The molecule has 1 saturated heterocycles. The monoisotopic (exact) mass is 240 g/mol. The van der Waals surface area contributed by atoms with E-state index in [2.05, 4.69) is 15.5 Å². The first-order valence-electron chi connectivity index (χ1n) is 5.56. The van der Waals surface area contributed by atoms with Crippen LogP contribution in [-0.4, -0.2) is 42.9 Å². The molecule has 7 nitrogen and oxygen atoms in total. The lowest BCUT2D eigenvalue weighted by Crippen LogP contribution is -2.41. The molecule has 0 atom stereocenters. The Kier molecular flexibility index (Phi) is 3.39. The Hall–Kier alpha value is -1.47. The van der Waals surface area contributed by atoms with Crippen molar-refractivity contribution in [1.29, 1.82) is 0 Å². The van der Waals surface area contributed by atoms with Crippen LogP contribution in [0.25, 0.3) is 0 Å². The van der Waals surface area contributed by atoms with Crippen LogP contribution in [0.2, 0.25) is 0 Å². The third-order valence-corrected chi connectivity index (χ3v) is 3.15. The number of nitrogens with one attached hydrogen (secondary N) is 1. The Morgan fingerprint density at radius 3 is 2.82 bits per heavy atom. The van der Waals surface area contributed by atoms with Crippen LogP contribution >= 0.6 is 0 Å². The van der Waals surface area contributed by atoms with Crippen LogP contribution in [-0.2, 0) is 10.2 Å². The fraction of sp³-hybridized carbons (Fsp3) is 0.700. The summed E-state index contributed by atoms with van der Waals surface area (Å²) in [5.41, 5.74) is 5.45. The Bertz CT molecular complexity index is 398. The molecule has 0 saturated carbocycles. The summed E-state index contributed by atoms with van der Waals surface area (Å²) in [6.07, 6.45) is 1.47. The minimum absolute atomic E-state index is 0.0433. The maximum atomic E-state index is 11.4. The van der Waals surface area contributed by atoms with Crippen molar-refractivity contribution in [2.24, 2.45) is 5.73 Å². The number of amides is 1. The molecule has 1 aromatic heterocycles. The van der Waals surface area contributed by atoms with Crippen LogP contribution in [0.5, 0.6) is 0 Å². The predicted molar refractivity (Wildman–Crippen MR) is 58.5 cm³/mol. The van der Waals surface area contributed by atoms with Crippen LogP contribution in [0.3, 0.4) is 0 Å². The van der Waals surface area contributed by atoms with E-state index >= 15 is 0 Å². The van der Waals surface area contributed by atoms with Crippen LogP contribution in [0, 0.1) is 0 Å². The number of ether oxygens (including phenoxy) is 1. The summed E-state index contributed by atoms with van der Waals surface area (Å²) in [7, 11) is 1.52. The third kappa shape index (κ3) is 2.16. The molecule has 0 spiro atoms. The molecule has 1 aliphatic rings. The second-order valence-electron chi connectivity index (χ2n) is 4.10. The zero-order valence-electron chi connectivity index (χ0n) is 9.73. The molecule has 0 aliphatic carbocycles. The fourth-order valence-electron chi connectivity index (χ4n) is 1.91. The van der Waals surface area contributed by atoms with Gasteiger partial charge in [-0.1, -0.05) is 5.16 Å². The van der Waals surface area contributed by atoms with E-state index < -0.39 is 0 Å². The van der Waals surface area contributed by atoms with Gasteiger partial charge in [0.15, 0.2) is 0 Å². The lowest BCUT2D eigenvalue weighted by Gasteiger charge is -2.32. The zero-order valence-corrected chi connectivity index (χ0v) is 9.73. The number of hydrogen-bond acceptors (Lipinski definition) is 6. The van der Waals surface area contributed by atoms with Gasteiger partial charge in [0.2, 0.25) is 5.89 Å². The van der Waals surface area contributed by atoms with Crippen LogP contribution in [0.4, 0.5) is 0 Å². The molecular weight excluding hydrogens is 224 g/mol. The van der Waals surface area contributed by atoms with E-state index in [-0.39, 0.29) is 17.1 Å². The maximum absolute atomic E-state index is 11.4. The summed E-state index contributed by atoms with van der Waals surface area (Å²) in [5.74, 6) is 0.114. The molecule has 0 radical (unpaired) electrons. The molecule has 0 aromatic carbocycles. The van der Waals surface area contributed by atoms with Crippen molar-refractivity contribution in [1.82, 2.24) is 15.5 Å². The topological polar surface area (TPSA) is 103 Å². The van der Waals surface area contributed by atoms with E-state index in [9.17, 15) is 4.79 Å². The average molecular weight is 240 g/mol.